The van der Waals surface area contributed by atoms with Gasteiger partial charge in [0.2, 0.25) is 0 Å². The van der Waals surface area contributed by atoms with Crippen LogP contribution in [-0.4, -0.2) is 32.4 Å². The zero-order valence-electron chi connectivity index (χ0n) is 11.1. The van der Waals surface area contributed by atoms with Crippen LogP contribution in [0.3, 0.4) is 0 Å². The van der Waals surface area contributed by atoms with E-state index in [1.54, 1.807) is 0 Å². The van der Waals surface area contributed by atoms with E-state index >= 15 is 0 Å². The van der Waals surface area contributed by atoms with Crippen LogP contribution in [0.2, 0.25) is 0 Å². The van der Waals surface area contributed by atoms with Crippen LogP contribution in [-0.2, 0) is 4.74 Å². The molecular weight excluding hydrogens is 226 g/mol. The van der Waals surface area contributed by atoms with Crippen molar-refractivity contribution in [1.82, 2.24) is 5.32 Å². The zero-order chi connectivity index (χ0) is 12.6. The lowest BCUT2D eigenvalue weighted by Crippen LogP contribution is -2.38. The summed E-state index contributed by atoms with van der Waals surface area (Å²) in [4.78, 5) is 0. The number of benzene rings is 1. The molecule has 1 saturated heterocycles. The highest BCUT2D eigenvalue weighted by molar-refractivity contribution is 5.20. The molecule has 1 atom stereocenters. The maximum atomic E-state index is 5.66. The summed E-state index contributed by atoms with van der Waals surface area (Å²) in [6.07, 6.45) is 2.35. The molecule has 0 aromatic heterocycles. The molecule has 0 amide bonds. The number of nitrogens with one attached hydrogen (secondary N) is 1. The van der Waals surface area contributed by atoms with E-state index in [-0.39, 0.29) is 0 Å². The van der Waals surface area contributed by atoms with Gasteiger partial charge in [-0.1, -0.05) is 18.2 Å². The summed E-state index contributed by atoms with van der Waals surface area (Å²) in [6, 6.07) is 10.5. The molecule has 1 aromatic carbocycles. The lowest BCUT2D eigenvalue weighted by Gasteiger charge is -2.28. The summed E-state index contributed by atoms with van der Waals surface area (Å²) < 4.78 is 11.0. The Balaban J connectivity index is 1.60. The highest BCUT2D eigenvalue weighted by Crippen LogP contribution is 2.18. The maximum Gasteiger partial charge on any atom is 0.119 e. The fraction of sp³-hybridized carbons (Fsp3) is 0.600. The van der Waals surface area contributed by atoms with Crippen molar-refractivity contribution in [3.05, 3.63) is 30.3 Å². The minimum Gasteiger partial charge on any atom is -0.492 e. The van der Waals surface area contributed by atoms with Crippen LogP contribution in [0, 0.1) is 5.92 Å². The predicted molar refractivity (Wildman–Crippen MR) is 72.9 cm³/mol. The van der Waals surface area contributed by atoms with Crippen LogP contribution in [0.25, 0.3) is 0 Å². The topological polar surface area (TPSA) is 30.5 Å². The van der Waals surface area contributed by atoms with Crippen LogP contribution in [0.1, 0.15) is 19.8 Å². The van der Waals surface area contributed by atoms with Crippen LogP contribution < -0.4 is 10.1 Å². The van der Waals surface area contributed by atoms with Gasteiger partial charge in [-0.05, 0) is 37.8 Å². The van der Waals surface area contributed by atoms with Crippen molar-refractivity contribution in [2.75, 3.05) is 26.4 Å². The second kappa shape index (κ2) is 7.39. The first-order chi connectivity index (χ1) is 8.86. The lowest BCUT2D eigenvalue weighted by atomic mass is 9.93. The molecule has 0 saturated carbocycles. The number of hydrogen-bond acceptors (Lipinski definition) is 3. The van der Waals surface area contributed by atoms with Gasteiger partial charge in [0.25, 0.3) is 0 Å². The van der Waals surface area contributed by atoms with Crippen LogP contribution in [0.4, 0.5) is 0 Å². The van der Waals surface area contributed by atoms with Gasteiger partial charge >= 0.3 is 0 Å². The molecule has 0 radical (unpaired) electrons. The predicted octanol–water partition coefficient (Wildman–Crippen LogP) is 2.47. The quantitative estimate of drug-likeness (QED) is 0.786. The van der Waals surface area contributed by atoms with Crippen molar-refractivity contribution in [2.45, 2.75) is 25.8 Å². The summed E-state index contributed by atoms with van der Waals surface area (Å²) in [5.74, 6) is 1.69. The van der Waals surface area contributed by atoms with E-state index in [4.69, 9.17) is 9.47 Å². The Labute approximate surface area is 109 Å². The van der Waals surface area contributed by atoms with Gasteiger partial charge in [-0.15, -0.1) is 0 Å². The van der Waals surface area contributed by atoms with Crippen molar-refractivity contribution in [1.29, 1.82) is 0 Å². The summed E-state index contributed by atoms with van der Waals surface area (Å²) in [5.41, 5.74) is 0. The van der Waals surface area contributed by atoms with Crippen LogP contribution >= 0.6 is 0 Å². The first-order valence-electron chi connectivity index (χ1n) is 6.85. The molecule has 0 bridgehead atoms. The molecule has 1 unspecified atom stereocenters. The van der Waals surface area contributed by atoms with E-state index in [9.17, 15) is 0 Å². The molecule has 0 spiro atoms. The Morgan fingerprint density at radius 1 is 1.28 bits per heavy atom. The minimum absolute atomic E-state index is 0.549. The van der Waals surface area contributed by atoms with Crippen molar-refractivity contribution < 1.29 is 9.47 Å². The molecule has 0 aliphatic carbocycles. The Morgan fingerprint density at radius 3 is 2.72 bits per heavy atom. The van der Waals surface area contributed by atoms with E-state index in [0.717, 1.165) is 38.0 Å². The van der Waals surface area contributed by atoms with Gasteiger partial charge in [-0.2, -0.15) is 0 Å². The number of para-hydroxylation sites is 1. The van der Waals surface area contributed by atoms with Gasteiger partial charge in [0, 0.05) is 25.8 Å². The number of hydrogen-bond donors (Lipinski definition) is 1. The first kappa shape index (κ1) is 13.4. The second-order valence-corrected chi connectivity index (χ2v) is 4.85. The number of rotatable bonds is 6. The Hall–Kier alpha value is -1.06. The lowest BCUT2D eigenvalue weighted by molar-refractivity contribution is 0.0556. The standard InChI is InChI=1S/C15H23NO2/c1-13(14-7-10-17-11-8-14)16-9-12-18-15-5-3-2-4-6-15/h2-6,13-14,16H,7-12H2,1H3. The van der Waals surface area contributed by atoms with Gasteiger partial charge in [-0.3, -0.25) is 0 Å². The van der Waals surface area contributed by atoms with E-state index in [1.165, 1.54) is 12.8 Å². The smallest absolute Gasteiger partial charge is 0.119 e. The average molecular weight is 249 g/mol. The fourth-order valence-electron chi connectivity index (χ4n) is 2.35. The number of ether oxygens (including phenoxy) is 2. The molecule has 100 valence electrons. The second-order valence-electron chi connectivity index (χ2n) is 4.85. The van der Waals surface area contributed by atoms with E-state index in [0.29, 0.717) is 6.04 Å². The molecule has 3 heteroatoms. The Morgan fingerprint density at radius 2 is 2.00 bits per heavy atom. The molecule has 2 rings (SSSR count). The normalized spacial score (nSPS) is 18.5. The third kappa shape index (κ3) is 4.31. The average Bonchev–Trinajstić information content (AvgIpc) is 2.45. The molecule has 1 N–H and O–H groups in total. The molecule has 3 nitrogen and oxygen atoms in total. The summed E-state index contributed by atoms with van der Waals surface area (Å²) in [7, 11) is 0. The molecule has 1 fully saturated rings. The third-order valence-electron chi connectivity index (χ3n) is 3.55. The summed E-state index contributed by atoms with van der Waals surface area (Å²) >= 11 is 0. The van der Waals surface area contributed by atoms with Crippen molar-refractivity contribution in [3.8, 4) is 5.75 Å². The van der Waals surface area contributed by atoms with Gasteiger partial charge in [0.1, 0.15) is 12.4 Å². The summed E-state index contributed by atoms with van der Waals surface area (Å²) in [6.45, 7) is 5.71. The van der Waals surface area contributed by atoms with E-state index in [1.807, 2.05) is 30.3 Å². The maximum absolute atomic E-state index is 5.66. The Bertz CT molecular complexity index is 323. The summed E-state index contributed by atoms with van der Waals surface area (Å²) in [5, 5.41) is 3.54. The fourth-order valence-corrected chi connectivity index (χ4v) is 2.35. The van der Waals surface area contributed by atoms with Gasteiger partial charge in [0.05, 0.1) is 0 Å². The molecule has 1 heterocycles. The molecule has 1 aliphatic rings. The first-order valence-corrected chi connectivity index (χ1v) is 6.85. The van der Waals surface area contributed by atoms with E-state index < -0.39 is 0 Å². The molecule has 1 aliphatic heterocycles. The highest BCUT2D eigenvalue weighted by Gasteiger charge is 2.19. The zero-order valence-corrected chi connectivity index (χ0v) is 11.1. The van der Waals surface area contributed by atoms with Crippen molar-refractivity contribution in [2.24, 2.45) is 5.92 Å². The molecular formula is C15H23NO2. The van der Waals surface area contributed by atoms with Gasteiger partial charge in [0.15, 0.2) is 0 Å². The van der Waals surface area contributed by atoms with Crippen molar-refractivity contribution in [3.63, 3.8) is 0 Å². The monoisotopic (exact) mass is 249 g/mol. The van der Waals surface area contributed by atoms with Crippen LogP contribution in [0.5, 0.6) is 5.75 Å². The third-order valence-corrected chi connectivity index (χ3v) is 3.55. The molecule has 18 heavy (non-hydrogen) atoms. The highest BCUT2D eigenvalue weighted by atomic mass is 16.5. The van der Waals surface area contributed by atoms with Gasteiger partial charge in [-0.25, -0.2) is 0 Å². The van der Waals surface area contributed by atoms with Crippen molar-refractivity contribution >= 4 is 0 Å². The molecule has 1 aromatic rings. The SMILES string of the molecule is CC(NCCOc1ccccc1)C1CCOCC1. The van der Waals surface area contributed by atoms with E-state index in [2.05, 4.69) is 12.2 Å². The minimum atomic E-state index is 0.549. The van der Waals surface area contributed by atoms with Crippen LogP contribution in [0.15, 0.2) is 30.3 Å². The largest absolute Gasteiger partial charge is 0.492 e. The van der Waals surface area contributed by atoms with Gasteiger partial charge < -0.3 is 14.8 Å². The Kier molecular flexibility index (Phi) is 5.49.